The van der Waals surface area contributed by atoms with Gasteiger partial charge < -0.3 is 10.2 Å². The Morgan fingerprint density at radius 1 is 1.44 bits per heavy atom. The van der Waals surface area contributed by atoms with E-state index >= 15 is 0 Å². The lowest BCUT2D eigenvalue weighted by atomic mass is 10.0. The zero-order valence-electron chi connectivity index (χ0n) is 10.8. The van der Waals surface area contributed by atoms with Crippen molar-refractivity contribution in [3.05, 3.63) is 28.5 Å². The monoisotopic (exact) mass is 314 g/mol. The first kappa shape index (κ1) is 13.8. The van der Waals surface area contributed by atoms with Crippen LogP contribution in [-0.2, 0) is 0 Å². The molecule has 100 valence electrons. The quantitative estimate of drug-likeness (QED) is 0.907. The highest BCUT2D eigenvalue weighted by atomic mass is 79.9. The lowest BCUT2D eigenvalue weighted by molar-refractivity contribution is 0.179. The summed E-state index contributed by atoms with van der Waals surface area (Å²) >= 11 is 3.37. The number of para-hydroxylation sites is 1. The van der Waals surface area contributed by atoms with E-state index in [1.165, 1.54) is 31.9 Å². The summed E-state index contributed by atoms with van der Waals surface area (Å²) < 4.78 is 14.4. The Morgan fingerprint density at radius 3 is 3.00 bits per heavy atom. The normalized spacial score (nSPS) is 20.9. The predicted molar refractivity (Wildman–Crippen MR) is 77.5 cm³/mol. The average Bonchev–Trinajstić information content (AvgIpc) is 2.35. The number of anilines is 1. The van der Waals surface area contributed by atoms with Gasteiger partial charge in [0.2, 0.25) is 0 Å². The highest BCUT2D eigenvalue weighted by molar-refractivity contribution is 9.10. The molecule has 1 unspecified atom stereocenters. The first-order valence-electron chi connectivity index (χ1n) is 6.56. The van der Waals surface area contributed by atoms with Crippen molar-refractivity contribution in [1.82, 2.24) is 4.90 Å². The molecule has 1 atom stereocenters. The molecule has 0 aromatic heterocycles. The predicted octanol–water partition coefficient (Wildman–Crippen LogP) is 3.87. The average molecular weight is 315 g/mol. The number of nitrogens with zero attached hydrogens (tertiary/aromatic N) is 1. The minimum Gasteiger partial charge on any atom is -0.382 e. The molecule has 1 fully saturated rings. The van der Waals surface area contributed by atoms with E-state index in [2.05, 4.69) is 33.2 Å². The SMILES string of the molecule is CN1CCCCC1CCNc1c(F)cccc1Br. The van der Waals surface area contributed by atoms with E-state index in [0.717, 1.165) is 17.4 Å². The standard InChI is InChI=1S/C14H20BrFN2/c1-18-10-3-2-5-11(18)8-9-17-14-12(15)6-4-7-13(14)16/h4,6-7,11,17H,2-3,5,8-10H2,1H3. The molecule has 1 aliphatic heterocycles. The first-order valence-corrected chi connectivity index (χ1v) is 7.36. The van der Waals surface area contributed by atoms with Crippen LogP contribution in [-0.4, -0.2) is 31.1 Å². The van der Waals surface area contributed by atoms with Crippen molar-refractivity contribution in [2.45, 2.75) is 31.7 Å². The molecule has 2 rings (SSSR count). The Morgan fingerprint density at radius 2 is 2.28 bits per heavy atom. The van der Waals surface area contributed by atoms with Crippen molar-refractivity contribution in [3.63, 3.8) is 0 Å². The molecule has 1 N–H and O–H groups in total. The molecule has 1 saturated heterocycles. The van der Waals surface area contributed by atoms with Crippen molar-refractivity contribution in [1.29, 1.82) is 0 Å². The van der Waals surface area contributed by atoms with Crippen molar-refractivity contribution in [3.8, 4) is 0 Å². The second-order valence-corrected chi connectivity index (χ2v) is 5.80. The van der Waals surface area contributed by atoms with Crippen LogP contribution in [0.4, 0.5) is 10.1 Å². The molecule has 0 radical (unpaired) electrons. The fourth-order valence-electron chi connectivity index (χ4n) is 2.54. The van der Waals surface area contributed by atoms with Crippen LogP contribution in [0.2, 0.25) is 0 Å². The van der Waals surface area contributed by atoms with Gasteiger partial charge in [-0.15, -0.1) is 0 Å². The van der Waals surface area contributed by atoms with E-state index < -0.39 is 0 Å². The molecular weight excluding hydrogens is 295 g/mol. The van der Waals surface area contributed by atoms with Gasteiger partial charge in [-0.2, -0.15) is 0 Å². The number of likely N-dealkylation sites (tertiary alicyclic amines) is 1. The van der Waals surface area contributed by atoms with Crippen LogP contribution in [0, 0.1) is 5.82 Å². The fourth-order valence-corrected chi connectivity index (χ4v) is 3.02. The summed E-state index contributed by atoms with van der Waals surface area (Å²) in [4.78, 5) is 2.42. The summed E-state index contributed by atoms with van der Waals surface area (Å²) in [7, 11) is 2.18. The van der Waals surface area contributed by atoms with Crippen molar-refractivity contribution in [2.75, 3.05) is 25.5 Å². The summed E-state index contributed by atoms with van der Waals surface area (Å²) in [5.41, 5.74) is 0.580. The second kappa shape index (κ2) is 6.53. The fraction of sp³-hybridized carbons (Fsp3) is 0.571. The molecule has 18 heavy (non-hydrogen) atoms. The molecule has 0 spiro atoms. The number of hydrogen-bond acceptors (Lipinski definition) is 2. The van der Waals surface area contributed by atoms with Gasteiger partial charge in [0.05, 0.1) is 5.69 Å². The molecule has 0 amide bonds. The highest BCUT2D eigenvalue weighted by Gasteiger charge is 2.18. The molecular formula is C14H20BrFN2. The van der Waals surface area contributed by atoms with Crippen LogP contribution in [0.15, 0.2) is 22.7 Å². The topological polar surface area (TPSA) is 15.3 Å². The van der Waals surface area contributed by atoms with E-state index in [1.54, 1.807) is 6.07 Å². The first-order chi connectivity index (χ1) is 8.68. The van der Waals surface area contributed by atoms with Crippen molar-refractivity contribution < 1.29 is 4.39 Å². The molecule has 4 heteroatoms. The number of benzene rings is 1. The molecule has 2 nitrogen and oxygen atoms in total. The third-order valence-corrected chi connectivity index (χ3v) is 4.32. The van der Waals surface area contributed by atoms with E-state index in [0.29, 0.717) is 11.7 Å². The molecule has 0 bridgehead atoms. The Bertz CT molecular complexity index is 377. The maximum absolute atomic E-state index is 13.6. The summed E-state index contributed by atoms with van der Waals surface area (Å²) in [5.74, 6) is -0.193. The van der Waals surface area contributed by atoms with Crippen LogP contribution < -0.4 is 5.32 Å². The van der Waals surface area contributed by atoms with E-state index in [-0.39, 0.29) is 5.82 Å². The Hall–Kier alpha value is -0.610. The largest absolute Gasteiger partial charge is 0.382 e. The summed E-state index contributed by atoms with van der Waals surface area (Å²) in [5, 5.41) is 3.20. The van der Waals surface area contributed by atoms with Crippen LogP contribution in [0.25, 0.3) is 0 Å². The maximum Gasteiger partial charge on any atom is 0.147 e. The summed E-state index contributed by atoms with van der Waals surface area (Å²) in [6.07, 6.45) is 4.95. The Balaban J connectivity index is 1.84. The number of nitrogens with one attached hydrogen (secondary N) is 1. The number of rotatable bonds is 4. The van der Waals surface area contributed by atoms with Gasteiger partial charge in [0.15, 0.2) is 0 Å². The zero-order chi connectivity index (χ0) is 13.0. The maximum atomic E-state index is 13.6. The molecule has 1 aliphatic rings. The second-order valence-electron chi connectivity index (χ2n) is 4.94. The minimum atomic E-state index is -0.193. The molecule has 0 aliphatic carbocycles. The summed E-state index contributed by atoms with van der Waals surface area (Å²) in [6, 6.07) is 5.69. The third-order valence-electron chi connectivity index (χ3n) is 3.66. The van der Waals surface area contributed by atoms with E-state index in [9.17, 15) is 4.39 Å². The van der Waals surface area contributed by atoms with Crippen molar-refractivity contribution >= 4 is 21.6 Å². The van der Waals surface area contributed by atoms with Gasteiger partial charge in [-0.3, -0.25) is 0 Å². The lowest BCUT2D eigenvalue weighted by Gasteiger charge is -2.32. The van der Waals surface area contributed by atoms with Gasteiger partial charge in [-0.05, 0) is 60.9 Å². The molecule has 0 saturated carbocycles. The van der Waals surface area contributed by atoms with Gasteiger partial charge in [0.1, 0.15) is 5.82 Å². The smallest absolute Gasteiger partial charge is 0.147 e. The van der Waals surface area contributed by atoms with Gasteiger partial charge in [0, 0.05) is 17.1 Å². The highest BCUT2D eigenvalue weighted by Crippen LogP contribution is 2.25. The van der Waals surface area contributed by atoms with Crippen LogP contribution >= 0.6 is 15.9 Å². The van der Waals surface area contributed by atoms with Crippen LogP contribution in [0.5, 0.6) is 0 Å². The minimum absolute atomic E-state index is 0.193. The van der Waals surface area contributed by atoms with Crippen molar-refractivity contribution in [2.24, 2.45) is 0 Å². The Labute approximate surface area is 117 Å². The van der Waals surface area contributed by atoms with E-state index in [1.807, 2.05) is 6.07 Å². The van der Waals surface area contributed by atoms with Crippen LogP contribution in [0.3, 0.4) is 0 Å². The zero-order valence-corrected chi connectivity index (χ0v) is 12.3. The number of hydrogen-bond donors (Lipinski definition) is 1. The van der Waals surface area contributed by atoms with Gasteiger partial charge in [-0.1, -0.05) is 12.5 Å². The molecule has 1 heterocycles. The van der Waals surface area contributed by atoms with Gasteiger partial charge in [0.25, 0.3) is 0 Å². The Kier molecular flexibility index (Phi) is 5.01. The summed E-state index contributed by atoms with van der Waals surface area (Å²) in [6.45, 7) is 2.00. The lowest BCUT2D eigenvalue weighted by Crippen LogP contribution is -2.37. The molecule has 1 aromatic carbocycles. The van der Waals surface area contributed by atoms with E-state index in [4.69, 9.17) is 0 Å². The molecule has 1 aromatic rings. The van der Waals surface area contributed by atoms with Gasteiger partial charge in [-0.25, -0.2) is 4.39 Å². The number of piperidine rings is 1. The van der Waals surface area contributed by atoms with Crippen LogP contribution in [0.1, 0.15) is 25.7 Å². The van der Waals surface area contributed by atoms with Gasteiger partial charge >= 0.3 is 0 Å². The third kappa shape index (κ3) is 3.45. The number of halogens is 2.